The second kappa shape index (κ2) is 4.61. The van der Waals surface area contributed by atoms with E-state index in [4.69, 9.17) is 5.73 Å². The molecule has 0 bridgehead atoms. The third-order valence-corrected chi connectivity index (χ3v) is 1.82. The first-order valence-corrected chi connectivity index (χ1v) is 4.50. The number of phenols is 2. The molecule has 0 aromatic heterocycles. The fourth-order valence-corrected chi connectivity index (χ4v) is 1.09. The first-order chi connectivity index (χ1) is 7.02. The Morgan fingerprint density at radius 1 is 1.40 bits per heavy atom. The van der Waals surface area contributed by atoms with Gasteiger partial charge in [0.2, 0.25) is 0 Å². The fraction of sp³-hybridized carbons (Fsp3) is 0.111. The number of aromatic hydroxyl groups is 2. The average molecular weight is 226 g/mol. The number of carbonyl (C=O) groups is 1. The van der Waals surface area contributed by atoms with Crippen LogP contribution in [-0.4, -0.2) is 27.7 Å². The zero-order valence-electron chi connectivity index (χ0n) is 7.73. The largest absolute Gasteiger partial charge is 0.507 e. The molecule has 1 aromatic carbocycles. The summed E-state index contributed by atoms with van der Waals surface area (Å²) < 4.78 is 0. The Balaban J connectivity index is 2.86. The van der Waals surface area contributed by atoms with Gasteiger partial charge in [0.05, 0.1) is 11.5 Å². The van der Waals surface area contributed by atoms with E-state index in [9.17, 15) is 15.0 Å². The molecule has 6 heteroatoms. The van der Waals surface area contributed by atoms with Crippen molar-refractivity contribution in [2.75, 3.05) is 6.54 Å². The van der Waals surface area contributed by atoms with Gasteiger partial charge in [-0.3, -0.25) is 4.79 Å². The molecule has 0 aliphatic heterocycles. The van der Waals surface area contributed by atoms with Gasteiger partial charge in [0.15, 0.2) is 0 Å². The van der Waals surface area contributed by atoms with Gasteiger partial charge in [0.1, 0.15) is 17.1 Å². The van der Waals surface area contributed by atoms with E-state index in [1.165, 1.54) is 18.2 Å². The summed E-state index contributed by atoms with van der Waals surface area (Å²) in [5.41, 5.74) is 5.00. The molecule has 0 saturated heterocycles. The van der Waals surface area contributed by atoms with Crippen LogP contribution in [-0.2, 0) is 0 Å². The normalized spacial score (nSPS) is 9.60. The Bertz CT molecular complexity index is 386. The van der Waals surface area contributed by atoms with Crippen molar-refractivity contribution < 1.29 is 15.0 Å². The lowest BCUT2D eigenvalue weighted by Crippen LogP contribution is -2.32. The molecule has 0 spiro atoms. The van der Waals surface area contributed by atoms with Crippen molar-refractivity contribution in [3.05, 3.63) is 23.8 Å². The Hall–Kier alpha value is -1.82. The van der Waals surface area contributed by atoms with Crippen LogP contribution in [0.1, 0.15) is 10.4 Å². The number of carbonyl (C=O) groups excluding carboxylic acids is 1. The smallest absolute Gasteiger partial charge is 0.259 e. The molecule has 0 saturated carbocycles. The molecule has 0 fully saturated rings. The van der Waals surface area contributed by atoms with Crippen molar-refractivity contribution in [3.8, 4) is 11.5 Å². The van der Waals surface area contributed by atoms with Gasteiger partial charge in [0, 0.05) is 0 Å². The first-order valence-electron chi connectivity index (χ1n) is 4.10. The van der Waals surface area contributed by atoms with Gasteiger partial charge >= 0.3 is 0 Å². The molecule has 1 amide bonds. The molecular formula is C9H10N2O3S. The SMILES string of the molecule is NC(=S)CNC(=O)c1c(O)cccc1O. The summed E-state index contributed by atoms with van der Waals surface area (Å²) in [6.45, 7) is 0.0158. The van der Waals surface area contributed by atoms with Crippen LogP contribution in [0.25, 0.3) is 0 Å². The van der Waals surface area contributed by atoms with E-state index in [0.29, 0.717) is 0 Å². The van der Waals surface area contributed by atoms with Crippen molar-refractivity contribution in [3.63, 3.8) is 0 Å². The van der Waals surface area contributed by atoms with Gasteiger partial charge in [-0.1, -0.05) is 18.3 Å². The van der Waals surface area contributed by atoms with Crippen LogP contribution in [0.2, 0.25) is 0 Å². The van der Waals surface area contributed by atoms with Crippen LogP contribution in [0.5, 0.6) is 11.5 Å². The molecule has 5 N–H and O–H groups in total. The maximum absolute atomic E-state index is 11.4. The van der Waals surface area contributed by atoms with Crippen molar-refractivity contribution in [2.24, 2.45) is 5.73 Å². The zero-order valence-corrected chi connectivity index (χ0v) is 8.54. The van der Waals surface area contributed by atoms with Gasteiger partial charge in [-0.25, -0.2) is 0 Å². The monoisotopic (exact) mass is 226 g/mol. The van der Waals surface area contributed by atoms with E-state index >= 15 is 0 Å². The summed E-state index contributed by atoms with van der Waals surface area (Å²) >= 11 is 4.57. The van der Waals surface area contributed by atoms with E-state index < -0.39 is 5.91 Å². The van der Waals surface area contributed by atoms with Gasteiger partial charge < -0.3 is 21.3 Å². The molecule has 80 valence electrons. The minimum absolute atomic E-state index is 0.0158. The Labute approximate surface area is 91.5 Å². The predicted octanol–water partition coefficient (Wildman–Crippen LogP) is 0.114. The summed E-state index contributed by atoms with van der Waals surface area (Å²) in [5, 5.41) is 21.0. The lowest BCUT2D eigenvalue weighted by Gasteiger charge is -2.07. The Kier molecular flexibility index (Phi) is 3.46. The highest BCUT2D eigenvalue weighted by Gasteiger charge is 2.15. The van der Waals surface area contributed by atoms with Gasteiger partial charge in [-0.05, 0) is 12.1 Å². The van der Waals surface area contributed by atoms with Crippen LogP contribution in [0.15, 0.2) is 18.2 Å². The maximum Gasteiger partial charge on any atom is 0.259 e. The molecule has 15 heavy (non-hydrogen) atoms. The molecule has 0 atom stereocenters. The van der Waals surface area contributed by atoms with Crippen molar-refractivity contribution in [2.45, 2.75) is 0 Å². The summed E-state index contributed by atoms with van der Waals surface area (Å²) in [7, 11) is 0. The number of phenolic OH excluding ortho intramolecular Hbond substituents is 2. The van der Waals surface area contributed by atoms with Crippen LogP contribution >= 0.6 is 12.2 Å². The zero-order chi connectivity index (χ0) is 11.4. The fourth-order valence-electron chi connectivity index (χ4n) is 1.02. The van der Waals surface area contributed by atoms with Crippen molar-refractivity contribution in [1.29, 1.82) is 0 Å². The number of rotatable bonds is 3. The van der Waals surface area contributed by atoms with Crippen LogP contribution in [0, 0.1) is 0 Å². The molecule has 0 unspecified atom stereocenters. The number of hydrogen-bond donors (Lipinski definition) is 4. The summed E-state index contributed by atoms with van der Waals surface area (Å²) in [6, 6.07) is 4.03. The Morgan fingerprint density at radius 2 is 1.93 bits per heavy atom. The molecular weight excluding hydrogens is 216 g/mol. The Morgan fingerprint density at radius 3 is 2.40 bits per heavy atom. The number of hydrogen-bond acceptors (Lipinski definition) is 4. The standard InChI is InChI=1S/C9H10N2O3S/c10-7(15)4-11-9(14)8-5(12)2-1-3-6(8)13/h1-3,12-13H,4H2,(H2,10,15)(H,11,14). The molecule has 0 radical (unpaired) electrons. The minimum atomic E-state index is -0.626. The number of amides is 1. The second-order valence-corrected chi connectivity index (χ2v) is 3.34. The van der Waals surface area contributed by atoms with Crippen LogP contribution in [0.4, 0.5) is 0 Å². The van der Waals surface area contributed by atoms with E-state index in [1.807, 2.05) is 0 Å². The summed E-state index contributed by atoms with van der Waals surface area (Å²) in [4.78, 5) is 11.6. The topological polar surface area (TPSA) is 95.6 Å². The van der Waals surface area contributed by atoms with Gasteiger partial charge in [-0.15, -0.1) is 0 Å². The van der Waals surface area contributed by atoms with Crippen molar-refractivity contribution in [1.82, 2.24) is 5.32 Å². The highest BCUT2D eigenvalue weighted by Crippen LogP contribution is 2.25. The van der Waals surface area contributed by atoms with Crippen LogP contribution < -0.4 is 11.1 Å². The molecule has 0 aliphatic carbocycles. The van der Waals surface area contributed by atoms with Crippen LogP contribution in [0.3, 0.4) is 0 Å². The van der Waals surface area contributed by atoms with E-state index in [1.54, 1.807) is 0 Å². The van der Waals surface area contributed by atoms with E-state index in [2.05, 4.69) is 17.5 Å². The van der Waals surface area contributed by atoms with Gasteiger partial charge in [-0.2, -0.15) is 0 Å². The first kappa shape index (κ1) is 11.3. The van der Waals surface area contributed by atoms with Gasteiger partial charge in [0.25, 0.3) is 5.91 Å². The minimum Gasteiger partial charge on any atom is -0.507 e. The maximum atomic E-state index is 11.4. The van der Waals surface area contributed by atoms with E-state index in [0.717, 1.165) is 0 Å². The quantitative estimate of drug-likeness (QED) is 0.549. The van der Waals surface area contributed by atoms with E-state index in [-0.39, 0.29) is 28.6 Å². The molecule has 1 rings (SSSR count). The number of thiocarbonyl (C=S) groups is 1. The third-order valence-electron chi connectivity index (χ3n) is 1.67. The lowest BCUT2D eigenvalue weighted by molar-refractivity contribution is 0.0954. The summed E-state index contributed by atoms with van der Waals surface area (Å²) in [6.07, 6.45) is 0. The van der Waals surface area contributed by atoms with Crippen molar-refractivity contribution >= 4 is 23.1 Å². The average Bonchev–Trinajstić information content (AvgIpc) is 2.14. The molecule has 1 aromatic rings. The molecule has 0 aliphatic rings. The number of benzene rings is 1. The third kappa shape index (κ3) is 2.81. The highest BCUT2D eigenvalue weighted by molar-refractivity contribution is 7.80. The molecule has 0 heterocycles. The lowest BCUT2D eigenvalue weighted by atomic mass is 10.1. The number of nitrogens with two attached hydrogens (primary N) is 1. The summed E-state index contributed by atoms with van der Waals surface area (Å²) in [5.74, 6) is -1.22. The second-order valence-electron chi connectivity index (χ2n) is 2.82. The molecule has 5 nitrogen and oxygen atoms in total. The number of nitrogens with one attached hydrogen (secondary N) is 1. The highest BCUT2D eigenvalue weighted by atomic mass is 32.1. The predicted molar refractivity (Wildman–Crippen MR) is 58.9 cm³/mol.